The Morgan fingerprint density at radius 1 is 1.27 bits per heavy atom. The maximum atomic E-state index is 12.0. The van der Waals surface area contributed by atoms with Crippen molar-refractivity contribution in [3.63, 3.8) is 0 Å². The molecule has 0 unspecified atom stereocenters. The van der Waals surface area contributed by atoms with E-state index in [-0.39, 0.29) is 5.70 Å². The largest absolute Gasteiger partial charge is 0.497 e. The molecule has 2 heterocycles. The first-order valence-electron chi connectivity index (χ1n) is 7.73. The zero-order valence-corrected chi connectivity index (χ0v) is 13.7. The lowest BCUT2D eigenvalue weighted by molar-refractivity contribution is -0.140. The zero-order valence-electron chi connectivity index (χ0n) is 13.7. The molecule has 8 heteroatoms. The lowest BCUT2D eigenvalue weighted by Crippen LogP contribution is -2.29. The third-order valence-electron chi connectivity index (χ3n) is 3.90. The molecule has 4 rings (SSSR count). The first-order chi connectivity index (χ1) is 12.7. The van der Waals surface area contributed by atoms with E-state index in [0.717, 1.165) is 11.3 Å². The molecule has 3 aliphatic rings. The molecule has 1 fully saturated rings. The summed E-state index contributed by atoms with van der Waals surface area (Å²) in [7, 11) is 1.56. The molecular formula is C18H14N4O4. The van der Waals surface area contributed by atoms with Crippen molar-refractivity contribution in [3.8, 4) is 5.75 Å². The van der Waals surface area contributed by atoms with Crippen molar-refractivity contribution < 1.29 is 19.5 Å². The molecule has 0 aromatic heterocycles. The summed E-state index contributed by atoms with van der Waals surface area (Å²) < 4.78 is 5.11. The fourth-order valence-corrected chi connectivity index (χ4v) is 2.61. The van der Waals surface area contributed by atoms with Gasteiger partial charge in [0.15, 0.2) is 0 Å². The predicted octanol–water partition coefficient (Wildman–Crippen LogP) is 2.11. The highest BCUT2D eigenvalue weighted by atomic mass is 16.7. The van der Waals surface area contributed by atoms with Crippen LogP contribution in [0, 0.1) is 0 Å². The Morgan fingerprint density at radius 3 is 2.85 bits per heavy atom. The maximum absolute atomic E-state index is 12.0. The fourth-order valence-electron chi connectivity index (χ4n) is 2.61. The molecule has 2 aliphatic heterocycles. The summed E-state index contributed by atoms with van der Waals surface area (Å²) in [6.07, 6.45) is 8.80. The summed E-state index contributed by atoms with van der Waals surface area (Å²) in [4.78, 5) is 25.2. The summed E-state index contributed by atoms with van der Waals surface area (Å²) in [6.45, 7) is 0. The van der Waals surface area contributed by atoms with Crippen LogP contribution in [-0.4, -0.2) is 29.6 Å². The molecule has 8 nitrogen and oxygen atoms in total. The molecule has 0 saturated carbocycles. The lowest BCUT2D eigenvalue weighted by atomic mass is 10.0. The topological polar surface area (TPSA) is 95.8 Å². The van der Waals surface area contributed by atoms with E-state index < -0.39 is 11.9 Å². The third-order valence-corrected chi connectivity index (χ3v) is 3.90. The number of nitrogens with zero attached hydrogens (tertiary/aromatic N) is 3. The summed E-state index contributed by atoms with van der Waals surface area (Å²) in [5, 5.41) is 11.7. The molecule has 2 N–H and O–H groups in total. The van der Waals surface area contributed by atoms with E-state index in [2.05, 4.69) is 15.6 Å². The highest BCUT2D eigenvalue weighted by molar-refractivity contribution is 6.23. The van der Waals surface area contributed by atoms with Crippen LogP contribution in [0.25, 0.3) is 0 Å². The van der Waals surface area contributed by atoms with Gasteiger partial charge in [-0.25, -0.2) is 14.8 Å². The van der Waals surface area contributed by atoms with Gasteiger partial charge in [0.1, 0.15) is 5.75 Å². The standard InChI is InChI=1S/C18H14N4O4/c1-25-14-5-3-13(4-6-14)22-16(18(24)26-21-22)17(23)20-12-2-7-15-11(10-12)8-9-19-15/h2-10,21,23H,1H3/b17-16-,20-12-. The number of hydrogen-bond acceptors (Lipinski definition) is 8. The van der Waals surface area contributed by atoms with Crippen molar-refractivity contribution in [2.45, 2.75) is 0 Å². The quantitative estimate of drug-likeness (QED) is 0.492. The van der Waals surface area contributed by atoms with E-state index in [1.807, 2.05) is 6.08 Å². The van der Waals surface area contributed by atoms with Gasteiger partial charge in [-0.1, -0.05) is 5.59 Å². The minimum absolute atomic E-state index is 0.115. The van der Waals surface area contributed by atoms with Gasteiger partial charge in [0.2, 0.25) is 11.6 Å². The van der Waals surface area contributed by atoms with Crippen molar-refractivity contribution in [2.75, 3.05) is 12.1 Å². The molecule has 1 aromatic carbocycles. The van der Waals surface area contributed by atoms with E-state index in [0.29, 0.717) is 17.1 Å². The predicted molar refractivity (Wildman–Crippen MR) is 95.6 cm³/mol. The van der Waals surface area contributed by atoms with E-state index in [1.165, 1.54) is 5.01 Å². The summed E-state index contributed by atoms with van der Waals surface area (Å²) in [5.41, 5.74) is 5.13. The average Bonchev–Trinajstić information content (AvgIpc) is 3.27. The van der Waals surface area contributed by atoms with Crippen LogP contribution >= 0.6 is 0 Å². The van der Waals surface area contributed by atoms with Crippen molar-refractivity contribution in [3.05, 3.63) is 71.9 Å². The summed E-state index contributed by atoms with van der Waals surface area (Å²) in [6, 6.07) is 6.87. The number of aliphatic hydroxyl groups excluding tert-OH is 1. The molecule has 1 aliphatic carbocycles. The van der Waals surface area contributed by atoms with Gasteiger partial charge in [0.25, 0.3) is 0 Å². The smallest absolute Gasteiger partial charge is 0.382 e. The van der Waals surface area contributed by atoms with Crippen molar-refractivity contribution in [2.24, 2.45) is 9.98 Å². The Balaban J connectivity index is 1.68. The lowest BCUT2D eigenvalue weighted by Gasteiger charge is -2.16. The second-order valence-electron chi connectivity index (χ2n) is 5.49. The number of methoxy groups -OCH3 is 1. The van der Waals surface area contributed by atoms with E-state index >= 15 is 0 Å². The molecular weight excluding hydrogens is 336 g/mol. The zero-order chi connectivity index (χ0) is 18.1. The Bertz CT molecular complexity index is 952. The molecule has 130 valence electrons. The van der Waals surface area contributed by atoms with Crippen LogP contribution in [0.3, 0.4) is 0 Å². The Morgan fingerprint density at radius 2 is 2.08 bits per heavy atom. The highest BCUT2D eigenvalue weighted by Crippen LogP contribution is 2.26. The number of anilines is 1. The maximum Gasteiger partial charge on any atom is 0.382 e. The molecule has 0 amide bonds. The van der Waals surface area contributed by atoms with Gasteiger partial charge in [0.05, 0.1) is 24.2 Å². The van der Waals surface area contributed by atoms with Gasteiger partial charge >= 0.3 is 5.97 Å². The highest BCUT2D eigenvalue weighted by Gasteiger charge is 2.33. The number of benzene rings is 1. The van der Waals surface area contributed by atoms with Crippen LogP contribution in [0.5, 0.6) is 5.75 Å². The monoisotopic (exact) mass is 350 g/mol. The number of rotatable bonds is 3. The second-order valence-corrected chi connectivity index (χ2v) is 5.49. The Labute approximate surface area is 148 Å². The van der Waals surface area contributed by atoms with E-state index in [9.17, 15) is 9.90 Å². The third kappa shape index (κ3) is 2.78. The van der Waals surface area contributed by atoms with Gasteiger partial charge in [-0.2, -0.15) is 0 Å². The summed E-state index contributed by atoms with van der Waals surface area (Å²) in [5.74, 6) is -0.538. The van der Waals surface area contributed by atoms with Gasteiger partial charge in [-0.05, 0) is 48.6 Å². The van der Waals surface area contributed by atoms with Crippen LogP contribution in [0.4, 0.5) is 5.69 Å². The average molecular weight is 350 g/mol. The minimum atomic E-state index is -0.738. The fraction of sp³-hybridized carbons (Fsp3) is 0.0556. The molecule has 0 bridgehead atoms. The molecule has 0 spiro atoms. The van der Waals surface area contributed by atoms with E-state index in [4.69, 9.17) is 9.57 Å². The number of aliphatic hydroxyl groups is 1. The van der Waals surface area contributed by atoms with Crippen LogP contribution in [0.2, 0.25) is 0 Å². The molecule has 1 aromatic rings. The van der Waals surface area contributed by atoms with Crippen molar-refractivity contribution >= 4 is 23.1 Å². The Hall–Kier alpha value is -3.65. The number of nitrogens with one attached hydrogen (secondary N) is 1. The van der Waals surface area contributed by atoms with Gasteiger partial charge in [-0.3, -0.25) is 4.99 Å². The SMILES string of the molecule is COc1ccc(N2NOC(=O)/C2=C(O)\N=C2\C=CC3=NC=CC3=C2)cc1. The van der Waals surface area contributed by atoms with Crippen LogP contribution in [-0.2, 0) is 9.63 Å². The summed E-state index contributed by atoms with van der Waals surface area (Å²) >= 11 is 0. The van der Waals surface area contributed by atoms with Crippen molar-refractivity contribution in [1.29, 1.82) is 0 Å². The number of aliphatic imine (C=N–C) groups is 2. The van der Waals surface area contributed by atoms with E-state index in [1.54, 1.807) is 55.8 Å². The van der Waals surface area contributed by atoms with Crippen LogP contribution in [0.1, 0.15) is 0 Å². The number of allylic oxidation sites excluding steroid dienone is 5. The number of hydrazine groups is 1. The van der Waals surface area contributed by atoms with Crippen LogP contribution in [0.15, 0.2) is 81.9 Å². The van der Waals surface area contributed by atoms with Gasteiger partial charge < -0.3 is 14.7 Å². The normalized spacial score (nSPS) is 21.5. The number of carbonyl (C=O) groups excluding carboxylic acids is 1. The number of ether oxygens (including phenoxy) is 1. The molecule has 0 radical (unpaired) electrons. The second kappa shape index (κ2) is 6.34. The molecule has 26 heavy (non-hydrogen) atoms. The van der Waals surface area contributed by atoms with Gasteiger partial charge in [-0.15, -0.1) is 0 Å². The molecule has 0 atom stereocenters. The first kappa shape index (κ1) is 15.9. The van der Waals surface area contributed by atoms with Gasteiger partial charge in [0, 0.05) is 11.8 Å². The minimum Gasteiger partial charge on any atom is -0.497 e. The number of carbonyl (C=O) groups is 1. The molecule has 1 saturated heterocycles. The number of hydrogen-bond donors (Lipinski definition) is 2. The first-order valence-corrected chi connectivity index (χ1v) is 7.73. The Kier molecular flexibility index (Phi) is 3.86. The number of fused-ring (bicyclic) bond motifs is 1. The van der Waals surface area contributed by atoms with Crippen LogP contribution < -0.4 is 15.3 Å². The van der Waals surface area contributed by atoms with Crippen molar-refractivity contribution in [1.82, 2.24) is 5.59 Å².